The maximum absolute atomic E-state index is 12.0. The van der Waals surface area contributed by atoms with Gasteiger partial charge >= 0.3 is 0 Å². The largest absolute Gasteiger partial charge is 0.373 e. The highest BCUT2D eigenvalue weighted by Gasteiger charge is 2.13. The van der Waals surface area contributed by atoms with E-state index in [2.05, 4.69) is 17.3 Å². The Kier molecular flexibility index (Phi) is 4.96. The van der Waals surface area contributed by atoms with Crippen LogP contribution in [-0.4, -0.2) is 36.5 Å². The summed E-state index contributed by atoms with van der Waals surface area (Å²) in [5.41, 5.74) is 0.893. The third-order valence-electron chi connectivity index (χ3n) is 3.92. The van der Waals surface area contributed by atoms with Gasteiger partial charge in [0.1, 0.15) is 0 Å². The Balaban J connectivity index is 1.95. The Labute approximate surface area is 114 Å². The second-order valence-electron chi connectivity index (χ2n) is 5.29. The van der Waals surface area contributed by atoms with Gasteiger partial charge in [0.15, 0.2) is 0 Å². The molecule has 1 saturated heterocycles. The van der Waals surface area contributed by atoms with E-state index >= 15 is 0 Å². The minimum Gasteiger partial charge on any atom is -0.373 e. The zero-order valence-electron chi connectivity index (χ0n) is 11.9. The fourth-order valence-corrected chi connectivity index (χ4v) is 2.46. The maximum Gasteiger partial charge on any atom is 0.268 e. The van der Waals surface area contributed by atoms with E-state index in [1.54, 1.807) is 16.9 Å². The molecule has 0 bridgehead atoms. The van der Waals surface area contributed by atoms with Crippen molar-refractivity contribution in [1.29, 1.82) is 0 Å². The van der Waals surface area contributed by atoms with Crippen molar-refractivity contribution in [3.63, 3.8) is 0 Å². The zero-order valence-corrected chi connectivity index (χ0v) is 11.9. The van der Waals surface area contributed by atoms with Gasteiger partial charge in [-0.3, -0.25) is 4.79 Å². The standard InChI is InChI=1S/C14H24N4O/c1-3-17(2)13-9-14(19)18(16-11-13)8-6-12-5-4-7-15-10-12/h9,11-12,15H,3-8,10H2,1-2H3. The first-order valence-corrected chi connectivity index (χ1v) is 7.19. The fourth-order valence-electron chi connectivity index (χ4n) is 2.46. The number of rotatable bonds is 5. The summed E-state index contributed by atoms with van der Waals surface area (Å²) in [6.07, 6.45) is 5.32. The lowest BCUT2D eigenvalue weighted by Gasteiger charge is -2.22. The summed E-state index contributed by atoms with van der Waals surface area (Å²) in [5, 5.41) is 7.68. The van der Waals surface area contributed by atoms with Crippen LogP contribution in [0.25, 0.3) is 0 Å². The quantitative estimate of drug-likeness (QED) is 0.865. The summed E-state index contributed by atoms with van der Waals surface area (Å²) in [6, 6.07) is 1.68. The molecule has 1 fully saturated rings. The summed E-state index contributed by atoms with van der Waals surface area (Å²) in [4.78, 5) is 14.0. The number of aromatic nitrogens is 2. The van der Waals surface area contributed by atoms with E-state index in [-0.39, 0.29) is 5.56 Å². The van der Waals surface area contributed by atoms with Gasteiger partial charge in [-0.2, -0.15) is 5.10 Å². The number of hydrogen-bond acceptors (Lipinski definition) is 4. The first kappa shape index (κ1) is 14.1. The Morgan fingerprint density at radius 3 is 3.05 bits per heavy atom. The van der Waals surface area contributed by atoms with Gasteiger partial charge in [0.05, 0.1) is 11.9 Å². The van der Waals surface area contributed by atoms with Crippen LogP contribution in [0.2, 0.25) is 0 Å². The average Bonchev–Trinajstić information content (AvgIpc) is 2.46. The molecule has 0 aliphatic carbocycles. The van der Waals surface area contributed by atoms with E-state index in [1.807, 2.05) is 11.9 Å². The van der Waals surface area contributed by atoms with E-state index in [4.69, 9.17) is 0 Å². The molecular weight excluding hydrogens is 240 g/mol. The monoisotopic (exact) mass is 264 g/mol. The SMILES string of the molecule is CCN(C)c1cnn(CCC2CCCNC2)c(=O)c1. The van der Waals surface area contributed by atoms with E-state index in [9.17, 15) is 4.79 Å². The Morgan fingerprint density at radius 2 is 2.42 bits per heavy atom. The molecule has 1 atom stereocenters. The molecule has 1 aromatic rings. The molecule has 1 unspecified atom stereocenters. The summed E-state index contributed by atoms with van der Waals surface area (Å²) in [7, 11) is 1.97. The highest BCUT2D eigenvalue weighted by Crippen LogP contribution is 2.14. The molecule has 0 amide bonds. The summed E-state index contributed by atoms with van der Waals surface area (Å²) < 4.78 is 1.58. The lowest BCUT2D eigenvalue weighted by molar-refractivity contribution is 0.333. The fraction of sp³-hybridized carbons (Fsp3) is 0.714. The van der Waals surface area contributed by atoms with Crippen LogP contribution in [-0.2, 0) is 6.54 Å². The number of nitrogens with zero attached hydrogens (tertiary/aromatic N) is 3. The summed E-state index contributed by atoms with van der Waals surface area (Å²) >= 11 is 0. The lowest BCUT2D eigenvalue weighted by Crippen LogP contribution is -2.32. The van der Waals surface area contributed by atoms with Crippen molar-refractivity contribution >= 4 is 5.69 Å². The van der Waals surface area contributed by atoms with Crippen LogP contribution >= 0.6 is 0 Å². The van der Waals surface area contributed by atoms with E-state index in [1.165, 1.54) is 12.8 Å². The maximum atomic E-state index is 12.0. The predicted molar refractivity (Wildman–Crippen MR) is 77.7 cm³/mol. The van der Waals surface area contributed by atoms with Crippen LogP contribution in [0.3, 0.4) is 0 Å². The molecule has 2 heterocycles. The van der Waals surface area contributed by atoms with Crippen LogP contribution in [0.1, 0.15) is 26.2 Å². The van der Waals surface area contributed by atoms with Gasteiger partial charge in [-0.1, -0.05) is 0 Å². The molecule has 0 radical (unpaired) electrons. The molecule has 19 heavy (non-hydrogen) atoms. The molecule has 5 nitrogen and oxygen atoms in total. The van der Waals surface area contributed by atoms with Gasteiger partial charge < -0.3 is 10.2 Å². The third kappa shape index (κ3) is 3.80. The molecule has 1 aliphatic rings. The number of aryl methyl sites for hydroxylation is 1. The smallest absolute Gasteiger partial charge is 0.268 e. The first-order valence-electron chi connectivity index (χ1n) is 7.19. The molecule has 1 aliphatic heterocycles. The van der Waals surface area contributed by atoms with Crippen molar-refractivity contribution in [3.8, 4) is 0 Å². The highest BCUT2D eigenvalue weighted by atomic mass is 16.1. The third-order valence-corrected chi connectivity index (χ3v) is 3.92. The lowest BCUT2D eigenvalue weighted by atomic mass is 9.96. The molecule has 106 valence electrons. The van der Waals surface area contributed by atoms with Crippen molar-refractivity contribution in [2.75, 3.05) is 31.6 Å². The molecule has 1 aromatic heterocycles. The summed E-state index contributed by atoms with van der Waals surface area (Å²) in [6.45, 7) is 5.86. The second-order valence-corrected chi connectivity index (χ2v) is 5.29. The zero-order chi connectivity index (χ0) is 13.7. The highest BCUT2D eigenvalue weighted by molar-refractivity contribution is 5.41. The van der Waals surface area contributed by atoms with Gasteiger partial charge in [0.25, 0.3) is 5.56 Å². The van der Waals surface area contributed by atoms with Crippen molar-refractivity contribution in [2.45, 2.75) is 32.7 Å². The number of piperidine rings is 1. The number of nitrogens with one attached hydrogen (secondary N) is 1. The van der Waals surface area contributed by atoms with Crippen molar-refractivity contribution in [2.24, 2.45) is 5.92 Å². The molecule has 0 saturated carbocycles. The second kappa shape index (κ2) is 6.70. The van der Waals surface area contributed by atoms with Crippen molar-refractivity contribution in [1.82, 2.24) is 15.1 Å². The topological polar surface area (TPSA) is 50.2 Å². The van der Waals surface area contributed by atoms with Gasteiger partial charge in [-0.05, 0) is 45.2 Å². The predicted octanol–water partition coefficient (Wildman–Crippen LogP) is 1.09. The van der Waals surface area contributed by atoms with Gasteiger partial charge in [0, 0.05) is 26.2 Å². The van der Waals surface area contributed by atoms with E-state index in [0.29, 0.717) is 5.92 Å². The Hall–Kier alpha value is -1.36. The average molecular weight is 264 g/mol. The van der Waals surface area contributed by atoms with Crippen LogP contribution in [0.5, 0.6) is 0 Å². The molecule has 1 N–H and O–H groups in total. The Bertz CT molecular complexity index is 451. The molecule has 0 spiro atoms. The first-order chi connectivity index (χ1) is 9.20. The van der Waals surface area contributed by atoms with Gasteiger partial charge in [-0.15, -0.1) is 0 Å². The van der Waals surface area contributed by atoms with Crippen molar-refractivity contribution < 1.29 is 0 Å². The normalized spacial score (nSPS) is 19.4. The number of hydrogen-bond donors (Lipinski definition) is 1. The molecule has 5 heteroatoms. The number of anilines is 1. The van der Waals surface area contributed by atoms with Crippen LogP contribution in [0.4, 0.5) is 5.69 Å². The van der Waals surface area contributed by atoms with E-state index in [0.717, 1.165) is 38.3 Å². The van der Waals surface area contributed by atoms with Crippen LogP contribution in [0.15, 0.2) is 17.1 Å². The molecule has 2 rings (SSSR count). The van der Waals surface area contributed by atoms with Crippen molar-refractivity contribution in [3.05, 3.63) is 22.6 Å². The minimum atomic E-state index is 0.00145. The van der Waals surface area contributed by atoms with Crippen LogP contribution in [0, 0.1) is 5.92 Å². The van der Waals surface area contributed by atoms with E-state index < -0.39 is 0 Å². The summed E-state index contributed by atoms with van der Waals surface area (Å²) in [5.74, 6) is 0.681. The Morgan fingerprint density at radius 1 is 1.58 bits per heavy atom. The van der Waals surface area contributed by atoms with Gasteiger partial charge in [0.2, 0.25) is 0 Å². The minimum absolute atomic E-state index is 0.00145. The molecular formula is C14H24N4O. The van der Waals surface area contributed by atoms with Crippen LogP contribution < -0.4 is 15.8 Å². The van der Waals surface area contributed by atoms with Gasteiger partial charge in [-0.25, -0.2) is 4.68 Å². The molecule has 0 aromatic carbocycles.